The van der Waals surface area contributed by atoms with E-state index in [2.05, 4.69) is 0 Å². The molecule has 2 aliphatic carbocycles. The van der Waals surface area contributed by atoms with Crippen LogP contribution in [-0.2, 0) is 4.74 Å². The highest BCUT2D eigenvalue weighted by Gasteiger charge is 2.52. The van der Waals surface area contributed by atoms with E-state index in [4.69, 9.17) is 16.3 Å². The van der Waals surface area contributed by atoms with E-state index in [0.29, 0.717) is 11.5 Å². The monoisotopic (exact) mass is 242 g/mol. The lowest BCUT2D eigenvalue weighted by atomic mass is 9.80. The molecule has 3 unspecified atom stereocenters. The van der Waals surface area contributed by atoms with Gasteiger partial charge in [0.05, 0.1) is 6.10 Å². The van der Waals surface area contributed by atoms with Gasteiger partial charge in [0, 0.05) is 12.5 Å². The number of ether oxygens (including phenoxy) is 1. The first-order valence-electron chi connectivity index (χ1n) is 6.99. The third kappa shape index (κ3) is 2.26. The molecule has 3 rings (SSSR count). The second kappa shape index (κ2) is 4.49. The third-order valence-electron chi connectivity index (χ3n) is 5.00. The maximum Gasteiger partial charge on any atom is 0.0576 e. The third-order valence-corrected chi connectivity index (χ3v) is 5.57. The Kier molecular flexibility index (Phi) is 3.19. The van der Waals surface area contributed by atoms with Gasteiger partial charge in [0.2, 0.25) is 0 Å². The first-order valence-corrected chi connectivity index (χ1v) is 7.52. The Morgan fingerprint density at radius 2 is 2.06 bits per heavy atom. The molecule has 0 radical (unpaired) electrons. The van der Waals surface area contributed by atoms with Crippen molar-refractivity contribution in [1.29, 1.82) is 0 Å². The van der Waals surface area contributed by atoms with Gasteiger partial charge in [0.1, 0.15) is 0 Å². The molecule has 3 fully saturated rings. The van der Waals surface area contributed by atoms with E-state index in [1.807, 2.05) is 0 Å². The van der Waals surface area contributed by atoms with E-state index >= 15 is 0 Å². The Hall–Kier alpha value is 0.250. The van der Waals surface area contributed by atoms with Crippen LogP contribution in [0.25, 0.3) is 0 Å². The summed E-state index contributed by atoms with van der Waals surface area (Å²) in [6.45, 7) is 0.995. The molecule has 0 aromatic carbocycles. The molecule has 1 saturated heterocycles. The summed E-state index contributed by atoms with van der Waals surface area (Å²) < 4.78 is 5.68. The minimum atomic E-state index is 0.522. The summed E-state index contributed by atoms with van der Waals surface area (Å²) in [5.74, 6) is 3.01. The Labute approximate surface area is 104 Å². The molecule has 2 heteroatoms. The standard InChI is InChI=1S/C14H23ClO/c15-10-14(8-11-7-12(11)9-14)5-1-3-13-4-2-6-16-13/h11-13H,1-10H2. The normalized spacial score (nSPS) is 45.9. The van der Waals surface area contributed by atoms with Gasteiger partial charge >= 0.3 is 0 Å². The van der Waals surface area contributed by atoms with Gasteiger partial charge in [-0.25, -0.2) is 0 Å². The fourth-order valence-electron chi connectivity index (χ4n) is 3.96. The molecule has 0 spiro atoms. The summed E-state index contributed by atoms with van der Waals surface area (Å²) in [5, 5.41) is 0. The summed E-state index contributed by atoms with van der Waals surface area (Å²) in [6.07, 6.45) is 11.4. The molecule has 0 amide bonds. The van der Waals surface area contributed by atoms with Crippen molar-refractivity contribution in [3.05, 3.63) is 0 Å². The molecule has 3 aliphatic rings. The molecular weight excluding hydrogens is 220 g/mol. The van der Waals surface area contributed by atoms with Gasteiger partial charge in [-0.2, -0.15) is 0 Å². The van der Waals surface area contributed by atoms with Gasteiger partial charge in [0.25, 0.3) is 0 Å². The second-order valence-electron chi connectivity index (χ2n) is 6.32. The van der Waals surface area contributed by atoms with Crippen LogP contribution in [0.5, 0.6) is 0 Å². The summed E-state index contributed by atoms with van der Waals surface area (Å²) in [5.41, 5.74) is 0.522. The molecule has 2 saturated carbocycles. The van der Waals surface area contributed by atoms with Gasteiger partial charge in [-0.15, -0.1) is 11.6 Å². The second-order valence-corrected chi connectivity index (χ2v) is 6.59. The molecule has 16 heavy (non-hydrogen) atoms. The fraction of sp³-hybridized carbons (Fsp3) is 1.00. The Bertz CT molecular complexity index is 237. The first kappa shape index (κ1) is 11.3. The molecule has 0 N–H and O–H groups in total. The number of fused-ring (bicyclic) bond motifs is 1. The highest BCUT2D eigenvalue weighted by molar-refractivity contribution is 6.18. The molecule has 1 aliphatic heterocycles. The topological polar surface area (TPSA) is 9.23 Å². The van der Waals surface area contributed by atoms with Gasteiger partial charge in [-0.05, 0) is 62.2 Å². The quantitative estimate of drug-likeness (QED) is 0.663. The van der Waals surface area contributed by atoms with Crippen LogP contribution in [0.15, 0.2) is 0 Å². The summed E-state index contributed by atoms with van der Waals surface area (Å²) >= 11 is 6.21. The highest BCUT2D eigenvalue weighted by Crippen LogP contribution is 2.61. The zero-order valence-electron chi connectivity index (χ0n) is 10.1. The van der Waals surface area contributed by atoms with Crippen LogP contribution in [0.2, 0.25) is 0 Å². The lowest BCUT2D eigenvalue weighted by Gasteiger charge is -2.28. The van der Waals surface area contributed by atoms with Crippen LogP contribution >= 0.6 is 11.6 Å². The van der Waals surface area contributed by atoms with Crippen molar-refractivity contribution in [2.24, 2.45) is 17.3 Å². The molecule has 3 atom stereocenters. The summed E-state index contributed by atoms with van der Waals surface area (Å²) in [4.78, 5) is 0. The van der Waals surface area contributed by atoms with E-state index in [-0.39, 0.29) is 0 Å². The lowest BCUT2D eigenvalue weighted by molar-refractivity contribution is 0.0978. The molecule has 0 aromatic heterocycles. The minimum Gasteiger partial charge on any atom is -0.378 e. The lowest BCUT2D eigenvalue weighted by Crippen LogP contribution is -2.21. The van der Waals surface area contributed by atoms with Crippen molar-refractivity contribution >= 4 is 11.6 Å². The van der Waals surface area contributed by atoms with Crippen LogP contribution in [0, 0.1) is 17.3 Å². The van der Waals surface area contributed by atoms with Crippen LogP contribution in [0.3, 0.4) is 0 Å². The molecule has 1 heterocycles. The Balaban J connectivity index is 1.42. The summed E-state index contributed by atoms with van der Waals surface area (Å²) in [7, 11) is 0. The summed E-state index contributed by atoms with van der Waals surface area (Å²) in [6, 6.07) is 0. The highest BCUT2D eigenvalue weighted by atomic mass is 35.5. The Morgan fingerprint density at radius 3 is 2.69 bits per heavy atom. The van der Waals surface area contributed by atoms with E-state index in [9.17, 15) is 0 Å². The average Bonchev–Trinajstić information content (AvgIpc) is 2.74. The van der Waals surface area contributed by atoms with Crippen molar-refractivity contribution in [2.75, 3.05) is 12.5 Å². The molecular formula is C14H23ClO. The maximum atomic E-state index is 6.21. The fourth-order valence-corrected chi connectivity index (χ4v) is 4.31. The molecule has 0 bridgehead atoms. The van der Waals surface area contributed by atoms with Gasteiger partial charge < -0.3 is 4.74 Å². The van der Waals surface area contributed by atoms with Crippen molar-refractivity contribution in [2.45, 2.75) is 57.5 Å². The zero-order chi connectivity index (χ0) is 11.0. The smallest absolute Gasteiger partial charge is 0.0576 e. The van der Waals surface area contributed by atoms with E-state index < -0.39 is 0 Å². The van der Waals surface area contributed by atoms with E-state index in [0.717, 1.165) is 24.3 Å². The molecule has 0 aromatic rings. The molecule has 1 nitrogen and oxygen atoms in total. The Morgan fingerprint density at radius 1 is 1.25 bits per heavy atom. The van der Waals surface area contributed by atoms with Gasteiger partial charge in [0.15, 0.2) is 0 Å². The van der Waals surface area contributed by atoms with Crippen LogP contribution in [0.4, 0.5) is 0 Å². The predicted molar refractivity (Wildman–Crippen MR) is 66.8 cm³/mol. The van der Waals surface area contributed by atoms with Crippen LogP contribution in [0.1, 0.15) is 51.4 Å². The van der Waals surface area contributed by atoms with Crippen LogP contribution in [-0.4, -0.2) is 18.6 Å². The van der Waals surface area contributed by atoms with Gasteiger partial charge in [-0.3, -0.25) is 0 Å². The SMILES string of the molecule is ClCC1(CCCC2CCCO2)CC2CC2C1. The van der Waals surface area contributed by atoms with Crippen LogP contribution < -0.4 is 0 Å². The number of hydrogen-bond donors (Lipinski definition) is 0. The largest absolute Gasteiger partial charge is 0.378 e. The van der Waals surface area contributed by atoms with Crippen molar-refractivity contribution in [3.63, 3.8) is 0 Å². The van der Waals surface area contributed by atoms with Crippen molar-refractivity contribution < 1.29 is 4.74 Å². The predicted octanol–water partition coefficient (Wildman–Crippen LogP) is 3.99. The number of rotatable bonds is 5. The average molecular weight is 243 g/mol. The first-order chi connectivity index (χ1) is 7.81. The van der Waals surface area contributed by atoms with Gasteiger partial charge in [-0.1, -0.05) is 6.42 Å². The number of halogens is 1. The van der Waals surface area contributed by atoms with Crippen molar-refractivity contribution in [1.82, 2.24) is 0 Å². The number of hydrogen-bond acceptors (Lipinski definition) is 1. The maximum absolute atomic E-state index is 6.21. The minimum absolute atomic E-state index is 0.522. The molecule has 92 valence electrons. The zero-order valence-corrected chi connectivity index (χ0v) is 10.8. The van der Waals surface area contributed by atoms with E-state index in [1.54, 1.807) is 0 Å². The number of alkyl halides is 1. The van der Waals surface area contributed by atoms with Crippen molar-refractivity contribution in [3.8, 4) is 0 Å². The van der Waals surface area contributed by atoms with E-state index in [1.165, 1.54) is 51.4 Å².